The SMILES string of the molecule is Cn1cc(C(C)(O)CNC(=O)Nc2cc(Cl)ccc2Cl)cn1. The smallest absolute Gasteiger partial charge is 0.319 e. The van der Waals surface area contributed by atoms with Gasteiger partial charge in [-0.3, -0.25) is 4.68 Å². The molecule has 1 unspecified atom stereocenters. The van der Waals surface area contributed by atoms with Gasteiger partial charge in [-0.05, 0) is 25.1 Å². The summed E-state index contributed by atoms with van der Waals surface area (Å²) in [5, 5.41) is 20.4. The molecule has 8 heteroatoms. The summed E-state index contributed by atoms with van der Waals surface area (Å²) in [6.45, 7) is 1.61. The van der Waals surface area contributed by atoms with Crippen molar-refractivity contribution < 1.29 is 9.90 Å². The summed E-state index contributed by atoms with van der Waals surface area (Å²) >= 11 is 11.8. The van der Waals surface area contributed by atoms with Crippen LogP contribution in [0.4, 0.5) is 10.5 Å². The molecule has 0 spiro atoms. The minimum atomic E-state index is -1.23. The number of amides is 2. The molecule has 1 atom stereocenters. The second-order valence-electron chi connectivity index (χ2n) is 5.11. The summed E-state index contributed by atoms with van der Waals surface area (Å²) in [6.07, 6.45) is 3.24. The van der Waals surface area contributed by atoms with E-state index in [2.05, 4.69) is 15.7 Å². The van der Waals surface area contributed by atoms with Crippen LogP contribution in [-0.4, -0.2) is 27.5 Å². The highest BCUT2D eigenvalue weighted by atomic mass is 35.5. The first-order chi connectivity index (χ1) is 10.3. The number of nitrogens with one attached hydrogen (secondary N) is 2. The van der Waals surface area contributed by atoms with E-state index in [1.807, 2.05) is 0 Å². The van der Waals surface area contributed by atoms with E-state index < -0.39 is 11.6 Å². The average molecular weight is 343 g/mol. The summed E-state index contributed by atoms with van der Waals surface area (Å²) in [6, 6.07) is 4.27. The predicted molar refractivity (Wildman–Crippen MR) is 86.3 cm³/mol. The number of nitrogens with zero attached hydrogens (tertiary/aromatic N) is 2. The van der Waals surface area contributed by atoms with Crippen LogP contribution < -0.4 is 10.6 Å². The second kappa shape index (κ2) is 6.56. The summed E-state index contributed by atoms with van der Waals surface area (Å²) in [5.74, 6) is 0. The average Bonchev–Trinajstić information content (AvgIpc) is 2.88. The van der Waals surface area contributed by atoms with Crippen molar-refractivity contribution in [3.8, 4) is 0 Å². The van der Waals surface area contributed by atoms with Gasteiger partial charge in [0.2, 0.25) is 0 Å². The molecule has 3 N–H and O–H groups in total. The highest BCUT2D eigenvalue weighted by Gasteiger charge is 2.25. The molecule has 6 nitrogen and oxygen atoms in total. The Labute approximate surface area is 138 Å². The Morgan fingerprint density at radius 1 is 1.45 bits per heavy atom. The number of rotatable bonds is 4. The van der Waals surface area contributed by atoms with Gasteiger partial charge in [-0.15, -0.1) is 0 Å². The number of aliphatic hydroxyl groups is 1. The summed E-state index contributed by atoms with van der Waals surface area (Å²) < 4.78 is 1.58. The molecule has 118 valence electrons. The number of aryl methyl sites for hydroxylation is 1. The van der Waals surface area contributed by atoms with E-state index in [1.54, 1.807) is 49.2 Å². The van der Waals surface area contributed by atoms with E-state index in [0.29, 0.717) is 21.3 Å². The topological polar surface area (TPSA) is 79.2 Å². The number of benzene rings is 1. The first kappa shape index (κ1) is 16.6. The number of hydrogen-bond acceptors (Lipinski definition) is 3. The van der Waals surface area contributed by atoms with Crippen LogP contribution in [0.5, 0.6) is 0 Å². The van der Waals surface area contributed by atoms with Crippen LogP contribution in [-0.2, 0) is 12.6 Å². The minimum absolute atomic E-state index is 0.0166. The van der Waals surface area contributed by atoms with Gasteiger partial charge in [-0.25, -0.2) is 4.79 Å². The van der Waals surface area contributed by atoms with Crippen molar-refractivity contribution in [2.45, 2.75) is 12.5 Å². The van der Waals surface area contributed by atoms with Gasteiger partial charge in [0, 0.05) is 23.8 Å². The first-order valence-corrected chi connectivity index (χ1v) is 7.25. The third kappa shape index (κ3) is 4.13. The van der Waals surface area contributed by atoms with Crippen LogP contribution >= 0.6 is 23.2 Å². The Morgan fingerprint density at radius 2 is 2.18 bits per heavy atom. The van der Waals surface area contributed by atoms with Crippen LogP contribution in [0.2, 0.25) is 10.0 Å². The van der Waals surface area contributed by atoms with Gasteiger partial charge < -0.3 is 15.7 Å². The number of hydrogen-bond donors (Lipinski definition) is 3. The molecular formula is C14H16Cl2N4O2. The van der Waals surface area contributed by atoms with Crippen molar-refractivity contribution in [1.82, 2.24) is 15.1 Å². The highest BCUT2D eigenvalue weighted by molar-refractivity contribution is 6.35. The molecule has 0 aliphatic carbocycles. The zero-order valence-corrected chi connectivity index (χ0v) is 13.6. The molecule has 0 radical (unpaired) electrons. The molecule has 1 heterocycles. The van der Waals surface area contributed by atoms with E-state index in [9.17, 15) is 9.90 Å². The molecule has 1 aromatic carbocycles. The molecule has 2 rings (SSSR count). The van der Waals surface area contributed by atoms with E-state index in [4.69, 9.17) is 23.2 Å². The van der Waals surface area contributed by atoms with Crippen molar-refractivity contribution in [3.63, 3.8) is 0 Å². The molecule has 0 fully saturated rings. The molecule has 1 aromatic heterocycles. The van der Waals surface area contributed by atoms with Gasteiger partial charge in [-0.2, -0.15) is 5.10 Å². The fourth-order valence-electron chi connectivity index (χ4n) is 1.81. The Balaban J connectivity index is 1.96. The predicted octanol–water partition coefficient (Wildman–Crippen LogP) is 2.76. The summed E-state index contributed by atoms with van der Waals surface area (Å²) in [7, 11) is 1.75. The number of carbonyl (C=O) groups is 1. The van der Waals surface area contributed by atoms with Gasteiger partial charge in [0.25, 0.3) is 0 Å². The van der Waals surface area contributed by atoms with Crippen LogP contribution in [0.15, 0.2) is 30.6 Å². The maximum Gasteiger partial charge on any atom is 0.319 e. The van der Waals surface area contributed by atoms with Crippen LogP contribution in [0.1, 0.15) is 12.5 Å². The monoisotopic (exact) mass is 342 g/mol. The maximum atomic E-state index is 11.9. The molecule has 0 bridgehead atoms. The lowest BCUT2D eigenvalue weighted by atomic mass is 10.00. The van der Waals surface area contributed by atoms with E-state index >= 15 is 0 Å². The van der Waals surface area contributed by atoms with Crippen molar-refractivity contribution in [3.05, 3.63) is 46.2 Å². The number of anilines is 1. The number of halogens is 2. The standard InChI is InChI=1S/C14H16Cl2N4O2/c1-14(22,9-6-18-20(2)7-9)8-17-13(21)19-12-5-10(15)3-4-11(12)16/h3-7,22H,8H2,1-2H3,(H2,17,19,21). The Bertz CT molecular complexity index is 685. The van der Waals surface area contributed by atoms with E-state index in [0.717, 1.165) is 0 Å². The third-order valence-electron chi connectivity index (χ3n) is 3.10. The van der Waals surface area contributed by atoms with Crippen molar-refractivity contribution >= 4 is 34.9 Å². The van der Waals surface area contributed by atoms with Gasteiger partial charge >= 0.3 is 6.03 Å². The highest BCUT2D eigenvalue weighted by Crippen LogP contribution is 2.25. The molecule has 0 aliphatic heterocycles. The molecule has 2 aromatic rings. The maximum absolute atomic E-state index is 11.9. The first-order valence-electron chi connectivity index (χ1n) is 6.49. The fourth-order valence-corrected chi connectivity index (χ4v) is 2.15. The Morgan fingerprint density at radius 3 is 2.82 bits per heavy atom. The molecular weight excluding hydrogens is 327 g/mol. The quantitative estimate of drug-likeness (QED) is 0.799. The largest absolute Gasteiger partial charge is 0.383 e. The number of urea groups is 1. The summed E-state index contributed by atoms with van der Waals surface area (Å²) in [4.78, 5) is 11.9. The van der Waals surface area contributed by atoms with E-state index in [-0.39, 0.29) is 6.54 Å². The minimum Gasteiger partial charge on any atom is -0.383 e. The molecule has 0 saturated carbocycles. The zero-order chi connectivity index (χ0) is 16.3. The summed E-state index contributed by atoms with van der Waals surface area (Å²) in [5.41, 5.74) is -0.229. The van der Waals surface area contributed by atoms with Gasteiger partial charge in [0.15, 0.2) is 0 Å². The second-order valence-corrected chi connectivity index (χ2v) is 5.95. The Hall–Kier alpha value is -1.76. The van der Waals surface area contributed by atoms with E-state index in [1.165, 1.54) is 0 Å². The zero-order valence-electron chi connectivity index (χ0n) is 12.1. The normalized spacial score (nSPS) is 13.5. The fraction of sp³-hybridized carbons (Fsp3) is 0.286. The van der Waals surface area contributed by atoms with Crippen LogP contribution in [0.25, 0.3) is 0 Å². The lowest BCUT2D eigenvalue weighted by Crippen LogP contribution is -2.40. The van der Waals surface area contributed by atoms with Gasteiger partial charge in [-0.1, -0.05) is 23.2 Å². The van der Waals surface area contributed by atoms with Crippen LogP contribution in [0, 0.1) is 0 Å². The Kier molecular flexibility index (Phi) is 4.95. The van der Waals surface area contributed by atoms with Crippen molar-refractivity contribution in [2.75, 3.05) is 11.9 Å². The lowest BCUT2D eigenvalue weighted by molar-refractivity contribution is 0.0599. The number of carbonyl (C=O) groups excluding carboxylic acids is 1. The molecule has 0 aliphatic rings. The van der Waals surface area contributed by atoms with Gasteiger partial charge in [0.1, 0.15) is 5.60 Å². The van der Waals surface area contributed by atoms with Crippen LogP contribution in [0.3, 0.4) is 0 Å². The number of aromatic nitrogens is 2. The molecule has 22 heavy (non-hydrogen) atoms. The molecule has 0 saturated heterocycles. The lowest BCUT2D eigenvalue weighted by Gasteiger charge is -2.22. The third-order valence-corrected chi connectivity index (χ3v) is 3.66. The van der Waals surface area contributed by atoms with Gasteiger partial charge in [0.05, 0.1) is 23.5 Å². The van der Waals surface area contributed by atoms with Crippen molar-refractivity contribution in [2.24, 2.45) is 7.05 Å². The molecule has 2 amide bonds. The van der Waals surface area contributed by atoms with Crippen molar-refractivity contribution in [1.29, 1.82) is 0 Å².